The maximum atomic E-state index is 11.9. The first-order valence-electron chi connectivity index (χ1n) is 6.66. The predicted octanol–water partition coefficient (Wildman–Crippen LogP) is 1.22. The van der Waals surface area contributed by atoms with E-state index < -0.39 is 30.5 Å². The van der Waals surface area contributed by atoms with Gasteiger partial charge in [-0.15, -0.1) is 13.2 Å². The van der Waals surface area contributed by atoms with E-state index in [1.54, 1.807) is 0 Å². The lowest BCUT2D eigenvalue weighted by Crippen LogP contribution is -2.83. The number of carbonyl (C=O) groups excluding carboxylic acids is 1. The highest BCUT2D eigenvalue weighted by atomic mass is 19.4. The summed E-state index contributed by atoms with van der Waals surface area (Å²) in [5.41, 5.74) is -0.779. The molecule has 0 heterocycles. The summed E-state index contributed by atoms with van der Waals surface area (Å²) in [6.45, 7) is -0.487. The fourth-order valence-electron chi connectivity index (χ4n) is 3.59. The lowest BCUT2D eigenvalue weighted by molar-refractivity contribution is -0.326. The molecule has 0 saturated heterocycles. The molecular formula is C12H15F3N2O4. The Kier molecular flexibility index (Phi) is 2.92. The summed E-state index contributed by atoms with van der Waals surface area (Å²) in [5, 5.41) is 13.9. The van der Waals surface area contributed by atoms with Gasteiger partial charge < -0.3 is 15.7 Å². The van der Waals surface area contributed by atoms with Gasteiger partial charge in [0.1, 0.15) is 0 Å². The van der Waals surface area contributed by atoms with Gasteiger partial charge in [0.25, 0.3) is 0 Å². The number of halogens is 3. The molecule has 2 amide bonds. The first-order valence-corrected chi connectivity index (χ1v) is 6.66. The molecule has 4 aliphatic carbocycles. The van der Waals surface area contributed by atoms with E-state index >= 15 is 0 Å². The van der Waals surface area contributed by atoms with Crippen molar-refractivity contribution in [2.75, 3.05) is 6.61 Å². The highest BCUT2D eigenvalue weighted by molar-refractivity contribution is 5.83. The van der Waals surface area contributed by atoms with Gasteiger partial charge >= 0.3 is 12.5 Å². The predicted molar refractivity (Wildman–Crippen MR) is 62.2 cm³/mol. The quantitative estimate of drug-likeness (QED) is 0.712. The molecule has 0 aromatic heterocycles. The zero-order valence-electron chi connectivity index (χ0n) is 11.0. The van der Waals surface area contributed by atoms with Gasteiger partial charge in [0.2, 0.25) is 5.91 Å². The molecule has 4 fully saturated rings. The van der Waals surface area contributed by atoms with Gasteiger partial charge in [-0.3, -0.25) is 9.53 Å². The van der Waals surface area contributed by atoms with Gasteiger partial charge in [-0.2, -0.15) is 0 Å². The van der Waals surface area contributed by atoms with Gasteiger partial charge in [-0.1, -0.05) is 0 Å². The van der Waals surface area contributed by atoms with Gasteiger partial charge in [-0.25, -0.2) is 4.79 Å². The number of alkyl halides is 3. The average Bonchev–Trinajstić information content (AvgIpc) is 2.99. The molecule has 0 unspecified atom stereocenters. The molecule has 4 saturated carbocycles. The number of hydrogen-bond donors (Lipinski definition) is 3. The Balaban J connectivity index is 1.39. The largest absolute Gasteiger partial charge is 0.522 e. The van der Waals surface area contributed by atoms with E-state index in [2.05, 4.69) is 15.4 Å². The molecule has 0 aromatic carbocycles. The van der Waals surface area contributed by atoms with Gasteiger partial charge in [0, 0.05) is 11.5 Å². The lowest BCUT2D eigenvalue weighted by atomic mass is 9.44. The fraction of sp³-hybridized carbons (Fsp3) is 0.833. The molecule has 21 heavy (non-hydrogen) atoms. The number of carboxylic acid groups (broad SMARTS) is 1. The van der Waals surface area contributed by atoms with Crippen LogP contribution < -0.4 is 10.6 Å². The third-order valence-corrected chi connectivity index (χ3v) is 4.51. The van der Waals surface area contributed by atoms with Crippen LogP contribution in [0.15, 0.2) is 0 Å². The van der Waals surface area contributed by atoms with Crippen LogP contribution in [0, 0.1) is 11.8 Å². The van der Waals surface area contributed by atoms with Crippen LogP contribution in [-0.2, 0) is 9.53 Å². The first-order chi connectivity index (χ1) is 9.62. The van der Waals surface area contributed by atoms with Crippen molar-refractivity contribution in [3.05, 3.63) is 0 Å². The number of ether oxygens (including phenoxy) is 1. The maximum Gasteiger partial charge on any atom is 0.522 e. The molecule has 2 bridgehead atoms. The number of hydrogen-bond acceptors (Lipinski definition) is 3. The van der Waals surface area contributed by atoms with E-state index in [1.807, 2.05) is 0 Å². The molecule has 2 atom stereocenters. The maximum absolute atomic E-state index is 11.9. The van der Waals surface area contributed by atoms with Crippen molar-refractivity contribution in [1.82, 2.24) is 10.6 Å². The lowest BCUT2D eigenvalue weighted by Gasteiger charge is -2.70. The number of nitrogens with one attached hydrogen (secondary N) is 2. The molecule has 118 valence electrons. The summed E-state index contributed by atoms with van der Waals surface area (Å²) >= 11 is 0. The summed E-state index contributed by atoms with van der Waals surface area (Å²) < 4.78 is 39.4. The van der Waals surface area contributed by atoms with Crippen molar-refractivity contribution >= 4 is 12.0 Å². The second kappa shape index (κ2) is 4.25. The monoisotopic (exact) mass is 308 g/mol. The number of carbonyl (C=O) groups is 2. The van der Waals surface area contributed by atoms with E-state index in [9.17, 15) is 22.8 Å². The Morgan fingerprint density at radius 1 is 1.19 bits per heavy atom. The average molecular weight is 308 g/mol. The van der Waals surface area contributed by atoms with Crippen molar-refractivity contribution in [2.45, 2.75) is 43.1 Å². The first kappa shape index (κ1) is 14.4. The molecule has 9 heteroatoms. The van der Waals surface area contributed by atoms with Crippen molar-refractivity contribution in [2.24, 2.45) is 11.8 Å². The van der Waals surface area contributed by atoms with Crippen LogP contribution in [-0.4, -0.2) is 41.2 Å². The Morgan fingerprint density at radius 3 is 2.29 bits per heavy atom. The van der Waals surface area contributed by atoms with Crippen LogP contribution in [0.5, 0.6) is 0 Å². The zero-order valence-corrected chi connectivity index (χ0v) is 11.0. The minimum absolute atomic E-state index is 0.255. The smallest absolute Gasteiger partial charge is 0.465 e. The zero-order chi connectivity index (χ0) is 15.5. The summed E-state index contributed by atoms with van der Waals surface area (Å²) in [4.78, 5) is 22.5. The van der Waals surface area contributed by atoms with E-state index in [0.29, 0.717) is 25.7 Å². The second-order valence-electron chi connectivity index (χ2n) is 6.37. The molecule has 4 aliphatic rings. The van der Waals surface area contributed by atoms with Crippen LogP contribution >= 0.6 is 0 Å². The molecular weight excluding hydrogens is 293 g/mol. The highest BCUT2D eigenvalue weighted by Crippen LogP contribution is 2.60. The minimum atomic E-state index is -4.66. The summed E-state index contributed by atoms with van der Waals surface area (Å²) in [6.07, 6.45) is -3.69. The van der Waals surface area contributed by atoms with E-state index in [0.717, 1.165) is 0 Å². The summed E-state index contributed by atoms with van der Waals surface area (Å²) in [7, 11) is 0. The Morgan fingerprint density at radius 2 is 1.76 bits per heavy atom. The van der Waals surface area contributed by atoms with Crippen molar-refractivity contribution in [3.8, 4) is 0 Å². The van der Waals surface area contributed by atoms with Crippen LogP contribution in [0.4, 0.5) is 18.0 Å². The number of amides is 2. The van der Waals surface area contributed by atoms with Gasteiger partial charge in [0.15, 0.2) is 0 Å². The molecule has 0 radical (unpaired) electrons. The van der Waals surface area contributed by atoms with E-state index in [-0.39, 0.29) is 17.4 Å². The highest BCUT2D eigenvalue weighted by Gasteiger charge is 2.70. The molecule has 3 N–H and O–H groups in total. The summed E-state index contributed by atoms with van der Waals surface area (Å²) in [5.74, 6) is -1.07. The van der Waals surface area contributed by atoms with Crippen LogP contribution in [0.1, 0.15) is 25.7 Å². The third-order valence-electron chi connectivity index (χ3n) is 4.51. The summed E-state index contributed by atoms with van der Waals surface area (Å²) in [6, 6.07) is 0. The number of rotatable bonds is 5. The molecule has 0 aliphatic heterocycles. The normalized spacial score (nSPS) is 39.8. The fourth-order valence-corrected chi connectivity index (χ4v) is 3.59. The molecule has 0 aromatic rings. The SMILES string of the molecule is O=C(O)NC12CC(NC(=O)[C@@H]3C[C@@H]3COC(F)(F)F)(C1)C2. The van der Waals surface area contributed by atoms with E-state index in [4.69, 9.17) is 5.11 Å². The van der Waals surface area contributed by atoms with Crippen molar-refractivity contribution < 1.29 is 32.6 Å². The Bertz CT molecular complexity index is 474. The topological polar surface area (TPSA) is 87.7 Å². The molecule has 4 rings (SSSR count). The molecule has 6 nitrogen and oxygen atoms in total. The third kappa shape index (κ3) is 2.78. The Hall–Kier alpha value is -1.51. The van der Waals surface area contributed by atoms with Crippen LogP contribution in [0.2, 0.25) is 0 Å². The standard InChI is InChI=1S/C12H15F3N2O4/c13-12(14,15)21-2-6-1-7(6)8(18)16-10-3-11(4-10,5-10)17-9(19)20/h6-7,17H,1-5H2,(H,16,18)(H,19,20)/t6-,7-,10?,11?/m1/s1. The second-order valence-corrected chi connectivity index (χ2v) is 6.37. The molecule has 0 spiro atoms. The van der Waals surface area contributed by atoms with Gasteiger partial charge in [0.05, 0.1) is 12.1 Å². The minimum Gasteiger partial charge on any atom is -0.465 e. The van der Waals surface area contributed by atoms with Crippen LogP contribution in [0.3, 0.4) is 0 Å². The van der Waals surface area contributed by atoms with E-state index in [1.165, 1.54) is 0 Å². The van der Waals surface area contributed by atoms with Crippen molar-refractivity contribution in [1.29, 1.82) is 0 Å². The van der Waals surface area contributed by atoms with Crippen molar-refractivity contribution in [3.63, 3.8) is 0 Å². The Labute approximate surface area is 118 Å². The van der Waals surface area contributed by atoms with Gasteiger partial charge in [-0.05, 0) is 31.6 Å². The van der Waals surface area contributed by atoms with Crippen LogP contribution in [0.25, 0.3) is 0 Å².